The summed E-state index contributed by atoms with van der Waals surface area (Å²) in [6.07, 6.45) is -3.12. The first-order chi connectivity index (χ1) is 7.99. The Morgan fingerprint density at radius 1 is 1.53 bits per heavy atom. The number of carbonyl (C=O) groups excluding carboxylic acids is 1. The lowest BCUT2D eigenvalue weighted by atomic mass is 10.1. The number of ether oxygens (including phenoxy) is 2. The molecule has 0 aliphatic carbocycles. The summed E-state index contributed by atoms with van der Waals surface area (Å²) in [5.41, 5.74) is 4.99. The Bertz CT molecular complexity index is 424. The molecule has 1 aromatic heterocycles. The van der Waals surface area contributed by atoms with Gasteiger partial charge in [0.25, 0.3) is 6.43 Å². The van der Waals surface area contributed by atoms with Crippen LogP contribution in [0.5, 0.6) is 5.75 Å². The molecule has 17 heavy (non-hydrogen) atoms. The number of rotatable bonds is 4. The second-order valence-corrected chi connectivity index (χ2v) is 3.17. The monoisotopic (exact) mass is 246 g/mol. The number of esters is 1. The maximum absolute atomic E-state index is 12.7. The first-order valence-corrected chi connectivity index (χ1v) is 4.67. The van der Waals surface area contributed by atoms with Crippen molar-refractivity contribution in [3.8, 4) is 5.75 Å². The molecule has 5 nitrogen and oxygen atoms in total. The maximum atomic E-state index is 12.7. The van der Waals surface area contributed by atoms with Gasteiger partial charge in [-0.25, -0.2) is 13.8 Å². The van der Waals surface area contributed by atoms with Crippen molar-refractivity contribution in [1.29, 1.82) is 0 Å². The smallest absolute Gasteiger partial charge is 0.311 e. The highest BCUT2D eigenvalue weighted by molar-refractivity contribution is 5.72. The number of anilines is 1. The van der Waals surface area contributed by atoms with Crippen molar-refractivity contribution >= 4 is 11.8 Å². The van der Waals surface area contributed by atoms with Gasteiger partial charge in [-0.05, 0) is 6.07 Å². The standard InChI is InChI=1S/C10H12F2N2O3/c1-16-7-3-5(9(11)12)6(14-10(7)13)4-8(15)17-2/h3,9H,4H2,1-2H3,(H2,13,14). The van der Waals surface area contributed by atoms with Crippen LogP contribution in [0, 0.1) is 0 Å². The van der Waals surface area contributed by atoms with Gasteiger partial charge in [0.1, 0.15) is 0 Å². The molecule has 0 aromatic carbocycles. The van der Waals surface area contributed by atoms with Gasteiger partial charge in [0.2, 0.25) is 0 Å². The molecule has 0 spiro atoms. The van der Waals surface area contributed by atoms with Crippen LogP contribution < -0.4 is 10.5 Å². The van der Waals surface area contributed by atoms with E-state index in [4.69, 9.17) is 10.5 Å². The molecule has 0 radical (unpaired) electrons. The van der Waals surface area contributed by atoms with Crippen LogP contribution in [-0.2, 0) is 16.0 Å². The first kappa shape index (κ1) is 13.1. The zero-order chi connectivity index (χ0) is 13.0. The Labute approximate surface area is 96.5 Å². The van der Waals surface area contributed by atoms with Crippen LogP contribution in [0.3, 0.4) is 0 Å². The summed E-state index contributed by atoms with van der Waals surface area (Å²) in [6.45, 7) is 0. The second-order valence-electron chi connectivity index (χ2n) is 3.17. The van der Waals surface area contributed by atoms with Crippen molar-refractivity contribution in [2.24, 2.45) is 0 Å². The molecule has 1 heterocycles. The average molecular weight is 246 g/mol. The Morgan fingerprint density at radius 3 is 2.65 bits per heavy atom. The molecular weight excluding hydrogens is 234 g/mol. The van der Waals surface area contributed by atoms with Gasteiger partial charge < -0.3 is 15.2 Å². The minimum Gasteiger partial charge on any atom is -0.493 e. The number of hydrogen-bond donors (Lipinski definition) is 1. The third-order valence-corrected chi connectivity index (χ3v) is 2.12. The quantitative estimate of drug-likeness (QED) is 0.811. The van der Waals surface area contributed by atoms with Gasteiger partial charge in [-0.15, -0.1) is 0 Å². The predicted octanol–water partition coefficient (Wildman–Crippen LogP) is 1.33. The molecule has 0 fully saturated rings. The summed E-state index contributed by atoms with van der Waals surface area (Å²) in [7, 11) is 2.46. The van der Waals surface area contributed by atoms with E-state index < -0.39 is 12.4 Å². The van der Waals surface area contributed by atoms with Gasteiger partial charge in [-0.1, -0.05) is 0 Å². The van der Waals surface area contributed by atoms with E-state index in [0.29, 0.717) is 0 Å². The van der Waals surface area contributed by atoms with E-state index in [0.717, 1.165) is 13.2 Å². The molecule has 0 aliphatic heterocycles. The molecule has 0 amide bonds. The topological polar surface area (TPSA) is 74.4 Å². The van der Waals surface area contributed by atoms with Crippen LogP contribution in [0.25, 0.3) is 0 Å². The number of nitrogen functional groups attached to an aromatic ring is 1. The van der Waals surface area contributed by atoms with E-state index >= 15 is 0 Å². The lowest BCUT2D eigenvalue weighted by Gasteiger charge is -2.11. The van der Waals surface area contributed by atoms with Gasteiger partial charge >= 0.3 is 5.97 Å². The molecule has 1 aromatic rings. The summed E-state index contributed by atoms with van der Waals surface area (Å²) in [5.74, 6) is -0.659. The van der Waals surface area contributed by atoms with Crippen LogP contribution in [-0.4, -0.2) is 25.2 Å². The number of alkyl halides is 2. The van der Waals surface area contributed by atoms with Crippen LogP contribution >= 0.6 is 0 Å². The fraction of sp³-hybridized carbons (Fsp3) is 0.400. The van der Waals surface area contributed by atoms with Crippen molar-refractivity contribution in [2.75, 3.05) is 20.0 Å². The number of aromatic nitrogens is 1. The number of nitrogens with two attached hydrogens (primary N) is 1. The Hall–Kier alpha value is -1.92. The van der Waals surface area contributed by atoms with Crippen LogP contribution in [0.1, 0.15) is 17.7 Å². The van der Waals surface area contributed by atoms with Crippen LogP contribution in [0.2, 0.25) is 0 Å². The average Bonchev–Trinajstić information content (AvgIpc) is 2.28. The Morgan fingerprint density at radius 2 is 2.18 bits per heavy atom. The van der Waals surface area contributed by atoms with Crippen molar-refractivity contribution in [3.63, 3.8) is 0 Å². The summed E-state index contributed by atoms with van der Waals surface area (Å²) in [4.78, 5) is 14.8. The van der Waals surface area contributed by atoms with Crippen molar-refractivity contribution < 1.29 is 23.0 Å². The van der Waals surface area contributed by atoms with E-state index in [1.807, 2.05) is 0 Å². The zero-order valence-corrected chi connectivity index (χ0v) is 9.37. The number of nitrogens with zero attached hydrogens (tertiary/aromatic N) is 1. The van der Waals surface area contributed by atoms with E-state index in [1.165, 1.54) is 7.11 Å². The molecular formula is C10H12F2N2O3. The van der Waals surface area contributed by atoms with Crippen molar-refractivity contribution in [3.05, 3.63) is 17.3 Å². The summed E-state index contributed by atoms with van der Waals surface area (Å²) in [5, 5.41) is 0. The van der Waals surface area contributed by atoms with Gasteiger partial charge in [-0.3, -0.25) is 4.79 Å². The number of methoxy groups -OCH3 is 2. The first-order valence-electron chi connectivity index (χ1n) is 4.67. The van der Waals surface area contributed by atoms with Gasteiger partial charge in [0, 0.05) is 5.56 Å². The van der Waals surface area contributed by atoms with Gasteiger partial charge in [0.15, 0.2) is 11.6 Å². The third-order valence-electron chi connectivity index (χ3n) is 2.12. The second kappa shape index (κ2) is 5.42. The molecule has 0 unspecified atom stereocenters. The van der Waals surface area contributed by atoms with Gasteiger partial charge in [-0.2, -0.15) is 0 Å². The predicted molar refractivity (Wildman–Crippen MR) is 55.9 cm³/mol. The van der Waals surface area contributed by atoms with Gasteiger partial charge in [0.05, 0.1) is 26.3 Å². The summed E-state index contributed by atoms with van der Waals surface area (Å²) in [6, 6.07) is 1.07. The number of halogens is 2. The minimum atomic E-state index is -2.77. The minimum absolute atomic E-state index is 0.0456. The number of carbonyl (C=O) groups is 1. The third kappa shape index (κ3) is 3.02. The molecule has 7 heteroatoms. The molecule has 0 atom stereocenters. The largest absolute Gasteiger partial charge is 0.493 e. The summed E-state index contributed by atoms with van der Waals surface area (Å²) < 4.78 is 34.7. The molecule has 0 saturated carbocycles. The molecule has 1 rings (SSSR count). The Balaban J connectivity index is 3.18. The van der Waals surface area contributed by atoms with E-state index in [1.54, 1.807) is 0 Å². The molecule has 94 valence electrons. The van der Waals surface area contributed by atoms with Crippen molar-refractivity contribution in [1.82, 2.24) is 4.98 Å². The lowest BCUT2D eigenvalue weighted by Crippen LogP contribution is -2.11. The normalized spacial score (nSPS) is 10.4. The van der Waals surface area contributed by atoms with E-state index in [9.17, 15) is 13.6 Å². The van der Waals surface area contributed by atoms with E-state index in [2.05, 4.69) is 9.72 Å². The fourth-order valence-corrected chi connectivity index (χ4v) is 1.27. The zero-order valence-electron chi connectivity index (χ0n) is 9.37. The molecule has 0 saturated heterocycles. The lowest BCUT2D eigenvalue weighted by molar-refractivity contribution is -0.139. The number of hydrogen-bond acceptors (Lipinski definition) is 5. The molecule has 0 aliphatic rings. The fourth-order valence-electron chi connectivity index (χ4n) is 1.27. The molecule has 2 N–H and O–H groups in total. The van der Waals surface area contributed by atoms with Crippen molar-refractivity contribution in [2.45, 2.75) is 12.8 Å². The SMILES string of the molecule is COC(=O)Cc1nc(N)c(OC)cc1C(F)F. The summed E-state index contributed by atoms with van der Waals surface area (Å²) >= 11 is 0. The van der Waals surface area contributed by atoms with E-state index in [-0.39, 0.29) is 29.2 Å². The Kier molecular flexibility index (Phi) is 4.19. The highest BCUT2D eigenvalue weighted by Gasteiger charge is 2.20. The molecule has 0 bridgehead atoms. The van der Waals surface area contributed by atoms with Crippen LogP contribution in [0.4, 0.5) is 14.6 Å². The number of pyridine rings is 1. The highest BCUT2D eigenvalue weighted by Crippen LogP contribution is 2.29. The van der Waals surface area contributed by atoms with Crippen LogP contribution in [0.15, 0.2) is 6.07 Å². The highest BCUT2D eigenvalue weighted by atomic mass is 19.3. The maximum Gasteiger partial charge on any atom is 0.311 e.